The van der Waals surface area contributed by atoms with Crippen molar-refractivity contribution in [3.8, 4) is 0 Å². The van der Waals surface area contributed by atoms with Crippen molar-refractivity contribution < 1.29 is 9.72 Å². The number of nitrogens with one attached hydrogen (secondary N) is 1. The van der Waals surface area contributed by atoms with Crippen molar-refractivity contribution in [3.63, 3.8) is 0 Å². The number of nitro benzene ring substituents is 1. The number of amides is 1. The van der Waals surface area contributed by atoms with Gasteiger partial charge in [-0.3, -0.25) is 19.6 Å². The minimum atomic E-state index is -0.482. The fraction of sp³-hybridized carbons (Fsp3) is 0.0588. The van der Waals surface area contributed by atoms with Crippen LogP contribution in [0.2, 0.25) is 0 Å². The monoisotopic (exact) mass is 322 g/mol. The molecule has 1 aromatic heterocycles. The highest BCUT2D eigenvalue weighted by Crippen LogP contribution is 2.16. The van der Waals surface area contributed by atoms with E-state index in [9.17, 15) is 14.9 Å². The fourth-order valence-corrected chi connectivity index (χ4v) is 2.21. The minimum absolute atomic E-state index is 0.0176. The van der Waals surface area contributed by atoms with Crippen molar-refractivity contribution >= 4 is 17.3 Å². The molecule has 0 bridgehead atoms. The van der Waals surface area contributed by atoms with E-state index in [4.69, 9.17) is 0 Å². The Morgan fingerprint density at radius 1 is 1.12 bits per heavy atom. The predicted octanol–water partition coefficient (Wildman–Crippen LogP) is 3.09. The van der Waals surface area contributed by atoms with Crippen molar-refractivity contribution in [2.45, 2.75) is 6.54 Å². The van der Waals surface area contributed by atoms with E-state index >= 15 is 0 Å². The van der Waals surface area contributed by atoms with Crippen LogP contribution >= 0.6 is 0 Å². The summed E-state index contributed by atoms with van der Waals surface area (Å²) >= 11 is 0. The van der Waals surface area contributed by atoms with Gasteiger partial charge in [-0.15, -0.1) is 0 Å². The Labute approximate surface area is 137 Å². The van der Waals surface area contributed by atoms with Gasteiger partial charge in [0, 0.05) is 35.8 Å². The van der Waals surface area contributed by atoms with E-state index < -0.39 is 4.92 Å². The molecule has 7 nitrogen and oxygen atoms in total. The molecule has 0 aliphatic heterocycles. The molecule has 1 N–H and O–H groups in total. The molecule has 120 valence electrons. The van der Waals surface area contributed by atoms with E-state index in [2.05, 4.69) is 10.4 Å². The maximum Gasteiger partial charge on any atom is 0.269 e. The molecule has 0 atom stereocenters. The lowest BCUT2D eigenvalue weighted by molar-refractivity contribution is -0.384. The summed E-state index contributed by atoms with van der Waals surface area (Å²) in [6.45, 7) is 0.636. The van der Waals surface area contributed by atoms with E-state index in [-0.39, 0.29) is 11.6 Å². The summed E-state index contributed by atoms with van der Waals surface area (Å²) in [5, 5.41) is 17.5. The number of carbonyl (C=O) groups excluding carboxylic acids is 1. The first-order chi connectivity index (χ1) is 11.6. The number of hydrogen-bond acceptors (Lipinski definition) is 4. The van der Waals surface area contributed by atoms with Crippen LogP contribution in [0.15, 0.2) is 67.0 Å². The number of aromatic nitrogens is 2. The Morgan fingerprint density at radius 2 is 1.83 bits per heavy atom. The first kappa shape index (κ1) is 15.4. The van der Waals surface area contributed by atoms with Gasteiger partial charge < -0.3 is 5.32 Å². The maximum atomic E-state index is 12.2. The van der Waals surface area contributed by atoms with E-state index in [1.165, 1.54) is 24.3 Å². The third kappa shape index (κ3) is 3.64. The van der Waals surface area contributed by atoms with Gasteiger partial charge in [0.15, 0.2) is 0 Å². The van der Waals surface area contributed by atoms with Gasteiger partial charge in [0.2, 0.25) is 0 Å². The third-order valence-corrected chi connectivity index (χ3v) is 3.46. The van der Waals surface area contributed by atoms with Gasteiger partial charge >= 0.3 is 0 Å². The molecule has 0 radical (unpaired) electrons. The second-order valence-electron chi connectivity index (χ2n) is 5.16. The number of non-ortho nitro benzene ring substituents is 1. The topological polar surface area (TPSA) is 90.1 Å². The van der Waals surface area contributed by atoms with Crippen molar-refractivity contribution in [3.05, 3.63) is 88.2 Å². The number of carbonyl (C=O) groups is 1. The average molecular weight is 322 g/mol. The van der Waals surface area contributed by atoms with Gasteiger partial charge in [0.1, 0.15) is 0 Å². The van der Waals surface area contributed by atoms with Crippen LogP contribution in [0.5, 0.6) is 0 Å². The largest absolute Gasteiger partial charge is 0.322 e. The molecule has 0 fully saturated rings. The third-order valence-electron chi connectivity index (χ3n) is 3.46. The molecular formula is C17H14N4O3. The molecular weight excluding hydrogens is 308 g/mol. The lowest BCUT2D eigenvalue weighted by Crippen LogP contribution is -2.12. The molecule has 2 aromatic carbocycles. The highest BCUT2D eigenvalue weighted by Gasteiger charge is 2.08. The Kier molecular flexibility index (Phi) is 4.33. The van der Waals surface area contributed by atoms with E-state index in [0.29, 0.717) is 17.8 Å². The smallest absolute Gasteiger partial charge is 0.269 e. The highest BCUT2D eigenvalue weighted by atomic mass is 16.6. The number of nitro groups is 1. The van der Waals surface area contributed by atoms with Crippen LogP contribution in [0.25, 0.3) is 0 Å². The van der Waals surface area contributed by atoms with E-state index in [1.54, 1.807) is 23.0 Å². The summed E-state index contributed by atoms with van der Waals surface area (Å²) in [7, 11) is 0. The van der Waals surface area contributed by atoms with Crippen LogP contribution in [0.1, 0.15) is 15.9 Å². The Bertz CT molecular complexity index is 841. The van der Waals surface area contributed by atoms with Crippen molar-refractivity contribution in [1.29, 1.82) is 0 Å². The van der Waals surface area contributed by atoms with Crippen LogP contribution in [-0.2, 0) is 6.54 Å². The molecule has 0 aliphatic carbocycles. The molecule has 1 heterocycles. The first-order valence-electron chi connectivity index (χ1n) is 7.24. The lowest BCUT2D eigenvalue weighted by atomic mass is 10.1. The number of anilines is 1. The summed E-state index contributed by atoms with van der Waals surface area (Å²) in [5.74, 6) is -0.269. The molecule has 24 heavy (non-hydrogen) atoms. The van der Waals surface area contributed by atoms with Crippen LogP contribution in [0, 0.1) is 10.1 Å². The number of benzene rings is 2. The van der Waals surface area contributed by atoms with E-state index in [1.807, 2.05) is 24.4 Å². The summed E-state index contributed by atoms with van der Waals surface area (Å²) in [5.41, 5.74) is 2.03. The molecule has 3 aromatic rings. The molecule has 0 saturated carbocycles. The second-order valence-corrected chi connectivity index (χ2v) is 5.16. The van der Waals surface area contributed by atoms with Crippen LogP contribution in [-0.4, -0.2) is 20.6 Å². The summed E-state index contributed by atoms with van der Waals surface area (Å²) in [6, 6.07) is 14.8. The molecule has 3 rings (SSSR count). The highest BCUT2D eigenvalue weighted by molar-refractivity contribution is 6.04. The van der Waals surface area contributed by atoms with Gasteiger partial charge in [-0.2, -0.15) is 5.10 Å². The molecule has 0 spiro atoms. The van der Waals surface area contributed by atoms with Crippen molar-refractivity contribution in [2.24, 2.45) is 0 Å². The number of hydrogen-bond donors (Lipinski definition) is 1. The number of nitrogens with zero attached hydrogens (tertiary/aromatic N) is 3. The standard InChI is InChI=1S/C17H14N4O3/c22-17(19-15-6-8-16(9-7-15)21(23)24)14-4-2-13(3-5-14)12-20-11-1-10-18-20/h1-11H,12H2,(H,19,22). The van der Waals surface area contributed by atoms with Crippen molar-refractivity contribution in [2.75, 3.05) is 5.32 Å². The zero-order valence-electron chi connectivity index (χ0n) is 12.6. The van der Waals surface area contributed by atoms with Crippen LogP contribution in [0.4, 0.5) is 11.4 Å². The average Bonchev–Trinajstić information content (AvgIpc) is 3.09. The minimum Gasteiger partial charge on any atom is -0.322 e. The SMILES string of the molecule is O=C(Nc1ccc([N+](=O)[O-])cc1)c1ccc(Cn2cccn2)cc1. The van der Waals surface area contributed by atoms with Gasteiger partial charge in [0.05, 0.1) is 11.5 Å². The van der Waals surface area contributed by atoms with Gasteiger partial charge in [-0.05, 0) is 35.9 Å². The van der Waals surface area contributed by atoms with Crippen molar-refractivity contribution in [1.82, 2.24) is 9.78 Å². The quantitative estimate of drug-likeness (QED) is 0.577. The van der Waals surface area contributed by atoms with E-state index in [0.717, 1.165) is 5.56 Å². The Morgan fingerprint density at radius 3 is 2.42 bits per heavy atom. The summed E-state index contributed by atoms with van der Waals surface area (Å²) < 4.78 is 1.80. The molecule has 0 aliphatic rings. The predicted molar refractivity (Wildman–Crippen MR) is 88.8 cm³/mol. The molecule has 7 heteroatoms. The zero-order chi connectivity index (χ0) is 16.9. The summed E-state index contributed by atoms with van der Waals surface area (Å²) in [4.78, 5) is 22.3. The van der Waals surface area contributed by atoms with Gasteiger partial charge in [0.25, 0.3) is 11.6 Å². The van der Waals surface area contributed by atoms with Gasteiger partial charge in [-0.25, -0.2) is 0 Å². The van der Waals surface area contributed by atoms with Crippen LogP contribution in [0.3, 0.4) is 0 Å². The second kappa shape index (κ2) is 6.74. The first-order valence-corrected chi connectivity index (χ1v) is 7.24. The maximum absolute atomic E-state index is 12.2. The molecule has 1 amide bonds. The molecule has 0 unspecified atom stereocenters. The molecule has 0 saturated heterocycles. The Hall–Kier alpha value is -3.48. The number of rotatable bonds is 5. The van der Waals surface area contributed by atoms with Gasteiger partial charge in [-0.1, -0.05) is 12.1 Å². The summed E-state index contributed by atoms with van der Waals surface area (Å²) in [6.07, 6.45) is 3.58. The fourth-order valence-electron chi connectivity index (χ4n) is 2.21. The zero-order valence-corrected chi connectivity index (χ0v) is 12.6. The normalized spacial score (nSPS) is 10.3. The van der Waals surface area contributed by atoms with Crippen LogP contribution < -0.4 is 5.32 Å². The Balaban J connectivity index is 1.65. The lowest BCUT2D eigenvalue weighted by Gasteiger charge is -2.06.